The molecule has 1 saturated heterocycles. The maximum atomic E-state index is 12.5. The minimum absolute atomic E-state index is 0.0304. The van der Waals surface area contributed by atoms with Crippen molar-refractivity contribution < 1.29 is 9.59 Å². The lowest BCUT2D eigenvalue weighted by atomic mass is 10.00. The average Bonchev–Trinajstić information content (AvgIpc) is 3.16. The second kappa shape index (κ2) is 6.59. The Morgan fingerprint density at radius 3 is 2.52 bits per heavy atom. The number of anilines is 3. The normalized spacial score (nSPS) is 16.3. The van der Waals surface area contributed by atoms with Crippen LogP contribution < -0.4 is 15.5 Å². The van der Waals surface area contributed by atoms with Crippen LogP contribution in [0.4, 0.5) is 17.1 Å². The largest absolute Gasteiger partial charge is 0.372 e. The molecule has 2 aliphatic heterocycles. The maximum Gasteiger partial charge on any atom is 0.255 e. The summed E-state index contributed by atoms with van der Waals surface area (Å²) in [6, 6.07) is 13.4. The third-order valence-corrected chi connectivity index (χ3v) is 4.86. The van der Waals surface area contributed by atoms with E-state index in [-0.39, 0.29) is 11.8 Å². The number of hydrogen-bond acceptors (Lipinski definition) is 3. The van der Waals surface area contributed by atoms with Crippen LogP contribution in [0.1, 0.15) is 35.2 Å². The van der Waals surface area contributed by atoms with Crippen molar-refractivity contribution in [2.75, 3.05) is 28.6 Å². The van der Waals surface area contributed by atoms with Gasteiger partial charge in [0.1, 0.15) is 0 Å². The first-order valence-electron chi connectivity index (χ1n) is 8.78. The van der Waals surface area contributed by atoms with Crippen LogP contribution in [0.5, 0.6) is 0 Å². The molecule has 0 bridgehead atoms. The Morgan fingerprint density at radius 2 is 1.76 bits per heavy atom. The first-order chi connectivity index (χ1) is 12.2. The first kappa shape index (κ1) is 15.7. The van der Waals surface area contributed by atoms with E-state index in [1.54, 1.807) is 12.1 Å². The van der Waals surface area contributed by atoms with Crippen LogP contribution in [0.3, 0.4) is 0 Å². The number of nitrogens with one attached hydrogen (secondary N) is 2. The lowest BCUT2D eigenvalue weighted by molar-refractivity contribution is -0.116. The number of benzene rings is 2. The standard InChI is InChI=1S/C20H21N3O2/c24-19-10-4-14-13-15(3-9-18(14)22-19)20(25)21-16-5-7-17(8-6-16)23-11-1-2-12-23/h3,5-9,13H,1-2,4,10-12H2,(H,21,25)(H,22,24). The van der Waals surface area contributed by atoms with Crippen molar-refractivity contribution >= 4 is 28.9 Å². The van der Waals surface area contributed by atoms with Gasteiger partial charge in [-0.25, -0.2) is 0 Å². The van der Waals surface area contributed by atoms with Crippen LogP contribution in [0, 0.1) is 0 Å². The van der Waals surface area contributed by atoms with Gasteiger partial charge in [-0.2, -0.15) is 0 Å². The molecule has 2 N–H and O–H groups in total. The zero-order valence-corrected chi connectivity index (χ0v) is 14.0. The molecule has 0 aliphatic carbocycles. The Bertz CT molecular complexity index is 808. The fourth-order valence-electron chi connectivity index (χ4n) is 3.46. The molecule has 2 heterocycles. The molecule has 0 unspecified atom stereocenters. The number of carbonyl (C=O) groups is 2. The van der Waals surface area contributed by atoms with Gasteiger partial charge in [0, 0.05) is 42.1 Å². The molecule has 1 fully saturated rings. The summed E-state index contributed by atoms with van der Waals surface area (Å²) < 4.78 is 0. The van der Waals surface area contributed by atoms with Crippen LogP contribution >= 0.6 is 0 Å². The van der Waals surface area contributed by atoms with E-state index in [1.165, 1.54) is 18.5 Å². The minimum atomic E-state index is -0.131. The van der Waals surface area contributed by atoms with Gasteiger partial charge in [0.2, 0.25) is 5.91 Å². The SMILES string of the molecule is O=C1CCc2cc(C(=O)Nc3ccc(N4CCCC4)cc3)ccc2N1. The smallest absolute Gasteiger partial charge is 0.255 e. The molecule has 0 radical (unpaired) electrons. The summed E-state index contributed by atoms with van der Waals surface area (Å²) in [7, 11) is 0. The average molecular weight is 335 g/mol. The van der Waals surface area contributed by atoms with Crippen molar-refractivity contribution in [3.8, 4) is 0 Å². The van der Waals surface area contributed by atoms with Gasteiger partial charge in [-0.15, -0.1) is 0 Å². The highest BCUT2D eigenvalue weighted by atomic mass is 16.2. The summed E-state index contributed by atoms with van der Waals surface area (Å²) in [5.41, 5.74) is 4.43. The fraction of sp³-hybridized carbons (Fsp3) is 0.300. The van der Waals surface area contributed by atoms with Crippen LogP contribution in [0.25, 0.3) is 0 Å². The summed E-state index contributed by atoms with van der Waals surface area (Å²) in [4.78, 5) is 26.3. The molecule has 2 aromatic rings. The molecule has 2 aliphatic rings. The monoisotopic (exact) mass is 335 g/mol. The van der Waals surface area contributed by atoms with Gasteiger partial charge in [0.15, 0.2) is 0 Å². The highest BCUT2D eigenvalue weighted by Crippen LogP contribution is 2.25. The summed E-state index contributed by atoms with van der Waals surface area (Å²) in [6.45, 7) is 2.22. The second-order valence-corrected chi connectivity index (χ2v) is 6.62. The highest BCUT2D eigenvalue weighted by molar-refractivity contribution is 6.05. The van der Waals surface area contributed by atoms with E-state index in [0.717, 1.165) is 30.0 Å². The van der Waals surface area contributed by atoms with Gasteiger partial charge >= 0.3 is 0 Å². The van der Waals surface area contributed by atoms with Crippen LogP contribution in [-0.2, 0) is 11.2 Å². The van der Waals surface area contributed by atoms with E-state index >= 15 is 0 Å². The molecule has 0 saturated carbocycles. The Kier molecular flexibility index (Phi) is 4.14. The highest BCUT2D eigenvalue weighted by Gasteiger charge is 2.17. The molecular weight excluding hydrogens is 314 g/mol. The lowest BCUT2D eigenvalue weighted by Gasteiger charge is -2.18. The predicted molar refractivity (Wildman–Crippen MR) is 99.2 cm³/mol. The molecule has 128 valence electrons. The number of rotatable bonds is 3. The molecule has 4 rings (SSSR count). The summed E-state index contributed by atoms with van der Waals surface area (Å²) in [5.74, 6) is -0.101. The van der Waals surface area contributed by atoms with Crippen molar-refractivity contribution in [3.05, 3.63) is 53.6 Å². The molecule has 5 heteroatoms. The third-order valence-electron chi connectivity index (χ3n) is 4.86. The number of hydrogen-bond donors (Lipinski definition) is 2. The molecule has 2 amide bonds. The van der Waals surface area contributed by atoms with E-state index in [4.69, 9.17) is 0 Å². The zero-order valence-electron chi connectivity index (χ0n) is 14.0. The zero-order chi connectivity index (χ0) is 17.2. The Balaban J connectivity index is 1.45. The van der Waals surface area contributed by atoms with Crippen molar-refractivity contribution in [2.24, 2.45) is 0 Å². The molecule has 25 heavy (non-hydrogen) atoms. The Labute approximate surface area is 147 Å². The van der Waals surface area contributed by atoms with Crippen LogP contribution in [0.15, 0.2) is 42.5 Å². The predicted octanol–water partition coefficient (Wildman–Crippen LogP) is 3.42. The topological polar surface area (TPSA) is 61.4 Å². The van der Waals surface area contributed by atoms with E-state index in [0.29, 0.717) is 18.4 Å². The molecule has 0 aromatic heterocycles. The number of aryl methyl sites for hydroxylation is 1. The third kappa shape index (κ3) is 3.36. The van der Waals surface area contributed by atoms with Crippen molar-refractivity contribution in [1.82, 2.24) is 0 Å². The van der Waals surface area contributed by atoms with Crippen LogP contribution in [-0.4, -0.2) is 24.9 Å². The lowest BCUT2D eigenvalue weighted by Crippen LogP contribution is -2.20. The van der Waals surface area contributed by atoms with Crippen LogP contribution in [0.2, 0.25) is 0 Å². The number of nitrogens with zero attached hydrogens (tertiary/aromatic N) is 1. The van der Waals surface area contributed by atoms with Gasteiger partial charge in [-0.1, -0.05) is 0 Å². The second-order valence-electron chi connectivity index (χ2n) is 6.62. The molecular formula is C20H21N3O2. The maximum absolute atomic E-state index is 12.5. The quantitative estimate of drug-likeness (QED) is 0.903. The summed E-state index contributed by atoms with van der Waals surface area (Å²) in [6.07, 6.45) is 3.64. The van der Waals surface area contributed by atoms with Gasteiger partial charge in [-0.05, 0) is 67.3 Å². The van der Waals surface area contributed by atoms with E-state index in [1.807, 2.05) is 18.2 Å². The summed E-state index contributed by atoms with van der Waals surface area (Å²) >= 11 is 0. The van der Waals surface area contributed by atoms with Gasteiger partial charge in [-0.3, -0.25) is 9.59 Å². The van der Waals surface area contributed by atoms with E-state index in [2.05, 4.69) is 27.7 Å². The molecule has 5 nitrogen and oxygen atoms in total. The Hall–Kier alpha value is -2.82. The van der Waals surface area contributed by atoms with E-state index in [9.17, 15) is 9.59 Å². The van der Waals surface area contributed by atoms with Crippen molar-refractivity contribution in [3.63, 3.8) is 0 Å². The van der Waals surface area contributed by atoms with Crippen molar-refractivity contribution in [1.29, 1.82) is 0 Å². The van der Waals surface area contributed by atoms with E-state index < -0.39 is 0 Å². The summed E-state index contributed by atoms with van der Waals surface area (Å²) in [5, 5.41) is 5.78. The first-order valence-corrected chi connectivity index (χ1v) is 8.78. The Morgan fingerprint density at radius 1 is 1.00 bits per heavy atom. The van der Waals surface area contributed by atoms with Gasteiger partial charge in [0.25, 0.3) is 5.91 Å². The molecule has 0 spiro atoms. The molecule has 2 aromatic carbocycles. The number of fused-ring (bicyclic) bond motifs is 1. The molecule has 0 atom stereocenters. The number of carbonyl (C=O) groups excluding carboxylic acids is 2. The van der Waals surface area contributed by atoms with Gasteiger partial charge in [0.05, 0.1) is 0 Å². The van der Waals surface area contributed by atoms with Gasteiger partial charge < -0.3 is 15.5 Å². The fourth-order valence-corrected chi connectivity index (χ4v) is 3.46. The number of amides is 2. The van der Waals surface area contributed by atoms with Crippen molar-refractivity contribution in [2.45, 2.75) is 25.7 Å². The minimum Gasteiger partial charge on any atom is -0.372 e.